The van der Waals surface area contributed by atoms with Gasteiger partial charge in [-0.1, -0.05) is 74.6 Å². The molecule has 0 bridgehead atoms. The van der Waals surface area contributed by atoms with Crippen molar-refractivity contribution in [3.8, 4) is 11.5 Å². The van der Waals surface area contributed by atoms with Gasteiger partial charge in [0.25, 0.3) is 0 Å². The lowest BCUT2D eigenvalue weighted by atomic mass is 9.86. The van der Waals surface area contributed by atoms with Gasteiger partial charge in [0.1, 0.15) is 0 Å². The number of rotatable bonds is 10. The fraction of sp³-hybridized carbons (Fsp3) is 0.407. The van der Waals surface area contributed by atoms with Gasteiger partial charge in [-0.25, -0.2) is 4.98 Å². The summed E-state index contributed by atoms with van der Waals surface area (Å²) in [6.07, 6.45) is 10.3. The van der Waals surface area contributed by atoms with Crippen LogP contribution in [0.4, 0.5) is 5.13 Å². The van der Waals surface area contributed by atoms with E-state index < -0.39 is 11.5 Å². The second-order valence-corrected chi connectivity index (χ2v) is 11.5. The zero-order valence-electron chi connectivity index (χ0n) is 20.7. The number of ether oxygens (including phenoxy) is 2. The first kappa shape index (κ1) is 26.4. The van der Waals surface area contributed by atoms with E-state index in [1.807, 2.05) is 18.2 Å². The molecule has 2 aliphatic rings. The van der Waals surface area contributed by atoms with Crippen LogP contribution in [0.15, 0.2) is 60.3 Å². The molecule has 9 heteroatoms. The summed E-state index contributed by atoms with van der Waals surface area (Å²) >= 11 is 8.05. The Kier molecular flexibility index (Phi) is 7.90. The van der Waals surface area contributed by atoms with Crippen molar-refractivity contribution in [2.45, 2.75) is 51.1 Å². The maximum atomic E-state index is 13.3. The van der Waals surface area contributed by atoms with Crippen LogP contribution in [0.3, 0.4) is 0 Å². The van der Waals surface area contributed by atoms with Crippen LogP contribution >= 0.6 is 22.9 Å². The van der Waals surface area contributed by atoms with Gasteiger partial charge in [-0.3, -0.25) is 10.1 Å². The smallest absolute Gasteiger partial charge is 0.236 e. The number of aliphatic hydroxyl groups is 1. The van der Waals surface area contributed by atoms with Crippen molar-refractivity contribution in [3.05, 3.63) is 70.8 Å². The average Bonchev–Trinajstić information content (AvgIpc) is 3.30. The van der Waals surface area contributed by atoms with Crippen LogP contribution < -0.4 is 20.1 Å². The molecule has 4 rings (SSSR count). The van der Waals surface area contributed by atoms with Crippen molar-refractivity contribution in [1.29, 1.82) is 0 Å². The van der Waals surface area contributed by atoms with Crippen molar-refractivity contribution in [2.75, 3.05) is 18.7 Å². The van der Waals surface area contributed by atoms with Crippen molar-refractivity contribution in [1.82, 2.24) is 10.3 Å². The van der Waals surface area contributed by atoms with E-state index >= 15 is 0 Å². The number of aromatic nitrogens is 1. The van der Waals surface area contributed by atoms with Gasteiger partial charge in [0, 0.05) is 22.1 Å². The molecular formula is C27H32ClN3O4S. The molecule has 1 fully saturated rings. The fourth-order valence-electron chi connectivity index (χ4n) is 4.06. The Morgan fingerprint density at radius 3 is 2.72 bits per heavy atom. The summed E-state index contributed by atoms with van der Waals surface area (Å²) in [4.78, 5) is 18.6. The Morgan fingerprint density at radius 2 is 2.06 bits per heavy atom. The highest BCUT2D eigenvalue weighted by atomic mass is 35.5. The molecular weight excluding hydrogens is 498 g/mol. The van der Waals surface area contributed by atoms with Crippen molar-refractivity contribution in [2.24, 2.45) is 5.41 Å². The Labute approximate surface area is 220 Å². The Balaban J connectivity index is 1.54. The molecule has 1 amide bonds. The molecule has 7 nitrogen and oxygen atoms in total. The average molecular weight is 530 g/mol. The molecule has 2 aromatic rings. The summed E-state index contributed by atoms with van der Waals surface area (Å²) < 4.78 is 10.9. The van der Waals surface area contributed by atoms with Crippen LogP contribution in [0.25, 0.3) is 0 Å². The lowest BCUT2D eigenvalue weighted by molar-refractivity contribution is -0.118. The van der Waals surface area contributed by atoms with Crippen LogP contribution in [0.1, 0.15) is 50.1 Å². The van der Waals surface area contributed by atoms with Crippen molar-refractivity contribution in [3.63, 3.8) is 0 Å². The topological polar surface area (TPSA) is 92.7 Å². The number of benzene rings is 1. The monoisotopic (exact) mass is 529 g/mol. The maximum Gasteiger partial charge on any atom is 0.236 e. The molecule has 2 atom stereocenters. The van der Waals surface area contributed by atoms with Gasteiger partial charge in [0.2, 0.25) is 12.7 Å². The number of hydrogen-bond donors (Lipinski definition) is 3. The van der Waals surface area contributed by atoms with Crippen molar-refractivity contribution < 1.29 is 19.4 Å². The standard InChI is InChI=1S/C27H32ClN3O4S/c1-5-6-7-8-18(28)23(30-22(15-32)26(2,3)4)21-14-29-25(36-21)31-24(33)27(11-12-27)17-9-10-19-20(13-17)35-16-34-19/h5-10,13-14,22-23,30,32H,1,11-12,15-16H2,2-4H3,(H,29,31,33)/b7-6-,18-8+/t22-,23?/m1/s1. The van der Waals surface area contributed by atoms with E-state index in [0.29, 0.717) is 21.7 Å². The zero-order valence-corrected chi connectivity index (χ0v) is 22.3. The summed E-state index contributed by atoms with van der Waals surface area (Å²) in [5.74, 6) is 1.27. The fourth-order valence-corrected chi connectivity index (χ4v) is 5.27. The summed E-state index contributed by atoms with van der Waals surface area (Å²) in [6, 6.07) is 5.06. The van der Waals surface area contributed by atoms with Crippen LogP contribution in [0.5, 0.6) is 11.5 Å². The van der Waals surface area contributed by atoms with E-state index in [2.05, 4.69) is 43.0 Å². The predicted octanol–water partition coefficient (Wildman–Crippen LogP) is 5.44. The number of amides is 1. The predicted molar refractivity (Wildman–Crippen MR) is 144 cm³/mol. The number of fused-ring (bicyclic) bond motifs is 1. The molecule has 2 heterocycles. The largest absolute Gasteiger partial charge is 0.454 e. The summed E-state index contributed by atoms with van der Waals surface area (Å²) in [5.41, 5.74) is 0.119. The highest BCUT2D eigenvalue weighted by molar-refractivity contribution is 7.15. The molecule has 1 aliphatic heterocycles. The Hall–Kier alpha value is -2.65. The molecule has 1 aromatic heterocycles. The Bertz CT molecular complexity index is 1180. The molecule has 0 spiro atoms. The van der Waals surface area contributed by atoms with Gasteiger partial charge in [-0.15, -0.1) is 0 Å². The molecule has 0 radical (unpaired) electrons. The minimum Gasteiger partial charge on any atom is -0.454 e. The molecule has 1 saturated carbocycles. The number of carbonyl (C=O) groups excluding carboxylic acids is 1. The van der Waals surface area contributed by atoms with Gasteiger partial charge in [-0.05, 0) is 42.0 Å². The number of halogens is 1. The van der Waals surface area contributed by atoms with E-state index in [1.165, 1.54) is 11.3 Å². The van der Waals surface area contributed by atoms with Gasteiger partial charge < -0.3 is 19.9 Å². The summed E-state index contributed by atoms with van der Waals surface area (Å²) in [5, 5.41) is 17.5. The number of aliphatic hydroxyl groups excluding tert-OH is 1. The lowest BCUT2D eigenvalue weighted by Gasteiger charge is -2.33. The number of carbonyl (C=O) groups is 1. The second-order valence-electron chi connectivity index (χ2n) is 10.0. The number of hydrogen-bond acceptors (Lipinski definition) is 7. The van der Waals surface area contributed by atoms with Gasteiger partial charge in [0.05, 0.1) is 18.1 Å². The highest BCUT2D eigenvalue weighted by Gasteiger charge is 2.52. The van der Waals surface area contributed by atoms with E-state index in [9.17, 15) is 9.90 Å². The molecule has 3 N–H and O–H groups in total. The van der Waals surface area contributed by atoms with Gasteiger partial charge in [0.15, 0.2) is 16.6 Å². The first-order valence-corrected chi connectivity index (χ1v) is 13.1. The first-order chi connectivity index (χ1) is 17.2. The molecule has 192 valence electrons. The number of anilines is 1. The number of nitrogens with zero attached hydrogens (tertiary/aromatic N) is 1. The second kappa shape index (κ2) is 10.8. The third-order valence-corrected chi connectivity index (χ3v) is 7.83. The number of nitrogens with one attached hydrogen (secondary N) is 2. The van der Waals surface area contributed by atoms with E-state index in [1.54, 1.807) is 30.5 Å². The van der Waals surface area contributed by atoms with Crippen LogP contribution in [-0.2, 0) is 10.2 Å². The summed E-state index contributed by atoms with van der Waals surface area (Å²) in [6.45, 7) is 9.98. The number of allylic oxidation sites excluding steroid dienone is 4. The molecule has 1 unspecified atom stereocenters. The van der Waals surface area contributed by atoms with Crippen molar-refractivity contribution >= 4 is 34.0 Å². The van der Waals surface area contributed by atoms with Crippen LogP contribution in [0.2, 0.25) is 0 Å². The van der Waals surface area contributed by atoms with E-state index in [-0.39, 0.29) is 30.8 Å². The van der Waals surface area contributed by atoms with Gasteiger partial charge >= 0.3 is 0 Å². The summed E-state index contributed by atoms with van der Waals surface area (Å²) in [7, 11) is 0. The zero-order chi connectivity index (χ0) is 25.9. The Morgan fingerprint density at radius 1 is 1.31 bits per heavy atom. The molecule has 1 aliphatic carbocycles. The highest BCUT2D eigenvalue weighted by Crippen LogP contribution is 2.51. The minimum atomic E-state index is -0.592. The maximum absolute atomic E-state index is 13.3. The first-order valence-electron chi connectivity index (χ1n) is 11.9. The van der Waals surface area contributed by atoms with E-state index in [4.69, 9.17) is 21.1 Å². The number of thiazole rings is 1. The molecule has 0 saturated heterocycles. The van der Waals surface area contributed by atoms with Crippen LogP contribution in [0, 0.1) is 5.41 Å². The third-order valence-electron chi connectivity index (χ3n) is 6.51. The lowest BCUT2D eigenvalue weighted by Crippen LogP contribution is -2.44. The molecule has 1 aromatic carbocycles. The quantitative estimate of drug-likeness (QED) is 0.355. The normalized spacial score (nSPS) is 18.2. The van der Waals surface area contributed by atoms with Gasteiger partial charge in [-0.2, -0.15) is 0 Å². The third kappa shape index (κ3) is 5.67. The SMILES string of the molecule is C=C/C=C\C=C(\Cl)C(N[C@H](CO)C(C)(C)C)c1cnc(NC(=O)C2(c3ccc4c(c3)OCO4)CC2)s1. The molecule has 36 heavy (non-hydrogen) atoms. The minimum absolute atomic E-state index is 0.0485. The van der Waals surface area contributed by atoms with Crippen LogP contribution in [-0.4, -0.2) is 35.4 Å². The van der Waals surface area contributed by atoms with E-state index in [0.717, 1.165) is 23.3 Å².